The van der Waals surface area contributed by atoms with Crippen molar-refractivity contribution in [2.45, 2.75) is 51.6 Å². The number of amides is 1. The molecule has 0 bridgehead atoms. The molecule has 1 amide bonds. The molecule has 1 aromatic carbocycles. The zero-order chi connectivity index (χ0) is 23.1. The number of benzene rings is 1. The molecule has 0 N–H and O–H groups in total. The van der Waals surface area contributed by atoms with Crippen molar-refractivity contribution < 1.29 is 27.4 Å². The third-order valence-corrected chi connectivity index (χ3v) is 5.55. The van der Waals surface area contributed by atoms with Crippen LogP contribution >= 0.6 is 0 Å². The fraction of sp³-hybridized carbons (Fsp3) is 0.478. The molecule has 2 aliphatic heterocycles. The molecule has 4 rings (SSSR count). The van der Waals surface area contributed by atoms with E-state index in [1.807, 2.05) is 26.8 Å². The summed E-state index contributed by atoms with van der Waals surface area (Å²) in [6.07, 6.45) is -1.85. The first-order chi connectivity index (χ1) is 15.0. The van der Waals surface area contributed by atoms with Gasteiger partial charge in [-0.15, -0.1) is 13.2 Å². The number of ether oxygens (including phenoxy) is 2. The maximum absolute atomic E-state index is 12.6. The number of piperazine rings is 1. The minimum atomic E-state index is -4.74. The number of hydrogen-bond acceptors (Lipinski definition) is 5. The van der Waals surface area contributed by atoms with Crippen LogP contribution in [0, 0.1) is 0 Å². The first-order valence-electron chi connectivity index (χ1n) is 10.6. The number of rotatable bonds is 2. The van der Waals surface area contributed by atoms with Crippen LogP contribution in [0.25, 0.3) is 11.1 Å². The number of carbonyl (C=O) groups excluding carboxylic acids is 1. The minimum Gasteiger partial charge on any atom is -0.444 e. The second kappa shape index (κ2) is 8.18. The van der Waals surface area contributed by atoms with Gasteiger partial charge in [-0.05, 0) is 62.9 Å². The monoisotopic (exact) mass is 449 g/mol. The van der Waals surface area contributed by atoms with Gasteiger partial charge in [0.05, 0.1) is 0 Å². The number of nitrogens with zero attached hydrogens (tertiary/aromatic N) is 3. The SMILES string of the molecule is CC(C)(C)OC(=O)N1CCN2c3nccc(-c4cccc(OC(F)(F)F)c4)c3CC[C@@H]2C1. The molecule has 0 aliphatic carbocycles. The zero-order valence-corrected chi connectivity index (χ0v) is 18.3. The van der Waals surface area contributed by atoms with Crippen molar-refractivity contribution >= 4 is 11.9 Å². The van der Waals surface area contributed by atoms with Crippen molar-refractivity contribution in [3.63, 3.8) is 0 Å². The summed E-state index contributed by atoms with van der Waals surface area (Å²) in [6.45, 7) is 7.22. The van der Waals surface area contributed by atoms with Gasteiger partial charge in [-0.1, -0.05) is 12.1 Å². The molecule has 1 atom stereocenters. The van der Waals surface area contributed by atoms with E-state index in [0.29, 0.717) is 31.6 Å². The number of pyridine rings is 1. The Morgan fingerprint density at radius 3 is 2.66 bits per heavy atom. The Kier molecular flexibility index (Phi) is 5.68. The van der Waals surface area contributed by atoms with Crippen LogP contribution in [0.5, 0.6) is 5.75 Å². The molecule has 9 heteroatoms. The van der Waals surface area contributed by atoms with E-state index < -0.39 is 12.0 Å². The summed E-state index contributed by atoms with van der Waals surface area (Å²) < 4.78 is 47.5. The Balaban J connectivity index is 1.56. The van der Waals surface area contributed by atoms with Gasteiger partial charge in [-0.3, -0.25) is 0 Å². The van der Waals surface area contributed by atoms with Crippen molar-refractivity contribution in [2.75, 3.05) is 24.5 Å². The summed E-state index contributed by atoms with van der Waals surface area (Å²) in [4.78, 5) is 21.0. The van der Waals surface area contributed by atoms with Gasteiger partial charge in [0, 0.05) is 37.4 Å². The second-order valence-corrected chi connectivity index (χ2v) is 9.05. The summed E-state index contributed by atoms with van der Waals surface area (Å²) >= 11 is 0. The highest BCUT2D eigenvalue weighted by atomic mass is 19.4. The van der Waals surface area contributed by atoms with Crippen molar-refractivity contribution in [1.29, 1.82) is 0 Å². The highest BCUT2D eigenvalue weighted by Gasteiger charge is 2.36. The van der Waals surface area contributed by atoms with Crippen molar-refractivity contribution in [3.05, 3.63) is 42.1 Å². The van der Waals surface area contributed by atoms with Crippen LogP contribution < -0.4 is 9.64 Å². The van der Waals surface area contributed by atoms with E-state index in [4.69, 9.17) is 4.74 Å². The Morgan fingerprint density at radius 1 is 1.16 bits per heavy atom. The van der Waals surface area contributed by atoms with Crippen molar-refractivity contribution in [2.24, 2.45) is 0 Å². The Labute approximate surface area is 184 Å². The Hall–Kier alpha value is -2.97. The minimum absolute atomic E-state index is 0.117. The van der Waals surface area contributed by atoms with E-state index >= 15 is 0 Å². The first kappa shape index (κ1) is 22.2. The summed E-state index contributed by atoms with van der Waals surface area (Å²) in [5.41, 5.74) is 1.94. The van der Waals surface area contributed by atoms with Crippen LogP contribution in [-0.4, -0.2) is 53.6 Å². The van der Waals surface area contributed by atoms with Gasteiger partial charge >= 0.3 is 12.5 Å². The number of carbonyl (C=O) groups is 1. The maximum Gasteiger partial charge on any atom is 0.573 e. The number of alkyl halides is 3. The summed E-state index contributed by atoms with van der Waals surface area (Å²) in [5.74, 6) is 0.574. The van der Waals surface area contributed by atoms with Gasteiger partial charge in [0.2, 0.25) is 0 Å². The first-order valence-corrected chi connectivity index (χ1v) is 10.6. The molecule has 0 spiro atoms. The molecule has 32 heavy (non-hydrogen) atoms. The van der Waals surface area contributed by atoms with Gasteiger partial charge in [0.25, 0.3) is 0 Å². The molecular weight excluding hydrogens is 423 g/mol. The molecule has 1 saturated heterocycles. The van der Waals surface area contributed by atoms with Crippen molar-refractivity contribution in [1.82, 2.24) is 9.88 Å². The predicted octanol–water partition coefficient (Wildman–Crippen LogP) is 5.02. The van der Waals surface area contributed by atoms with E-state index in [1.54, 1.807) is 23.2 Å². The lowest BCUT2D eigenvalue weighted by atomic mass is 9.90. The number of anilines is 1. The summed E-state index contributed by atoms with van der Waals surface area (Å²) in [6, 6.07) is 7.95. The Bertz CT molecular complexity index is 1000. The average molecular weight is 449 g/mol. The number of hydrogen-bond donors (Lipinski definition) is 0. The van der Waals surface area contributed by atoms with Crippen molar-refractivity contribution in [3.8, 4) is 16.9 Å². The molecular formula is C23H26F3N3O3. The quantitative estimate of drug-likeness (QED) is 0.645. The standard InChI is InChI=1S/C23H26F3N3O3/c1-22(2,3)32-21(30)28-11-12-29-16(14-28)7-8-19-18(9-10-27-20(19)29)15-5-4-6-17(13-15)31-23(24,25)26/h4-6,9-10,13,16H,7-8,11-12,14H2,1-3H3/t16-/m1/s1. The van der Waals surface area contributed by atoms with E-state index in [9.17, 15) is 18.0 Å². The second-order valence-electron chi connectivity index (χ2n) is 9.05. The van der Waals surface area contributed by atoms with E-state index in [1.165, 1.54) is 12.1 Å². The number of fused-ring (bicyclic) bond motifs is 3. The third kappa shape index (κ3) is 4.92. The largest absolute Gasteiger partial charge is 0.573 e. The average Bonchev–Trinajstić information content (AvgIpc) is 2.70. The molecule has 172 valence electrons. The van der Waals surface area contributed by atoms with Crippen LogP contribution in [0.15, 0.2) is 36.5 Å². The molecule has 1 fully saturated rings. The maximum atomic E-state index is 12.6. The molecule has 1 aromatic heterocycles. The molecule has 2 aromatic rings. The number of aromatic nitrogens is 1. The molecule has 0 saturated carbocycles. The molecule has 6 nitrogen and oxygen atoms in total. The lowest BCUT2D eigenvalue weighted by Gasteiger charge is -2.45. The van der Waals surface area contributed by atoms with Crippen LogP contribution in [0.4, 0.5) is 23.8 Å². The fourth-order valence-corrected chi connectivity index (χ4v) is 4.29. The van der Waals surface area contributed by atoms with E-state index in [-0.39, 0.29) is 17.9 Å². The fourth-order valence-electron chi connectivity index (χ4n) is 4.29. The normalized spacial score (nSPS) is 18.6. The third-order valence-electron chi connectivity index (χ3n) is 5.55. The number of halogens is 3. The van der Waals surface area contributed by atoms with E-state index in [2.05, 4.69) is 14.6 Å². The van der Waals surface area contributed by atoms with Crippen LogP contribution in [0.2, 0.25) is 0 Å². The molecule has 2 aliphatic rings. The van der Waals surface area contributed by atoms with Crippen LogP contribution in [0.3, 0.4) is 0 Å². The van der Waals surface area contributed by atoms with Gasteiger partial charge in [0.15, 0.2) is 0 Å². The molecule has 3 heterocycles. The van der Waals surface area contributed by atoms with Gasteiger partial charge in [-0.2, -0.15) is 0 Å². The van der Waals surface area contributed by atoms with E-state index in [0.717, 1.165) is 23.4 Å². The smallest absolute Gasteiger partial charge is 0.444 e. The van der Waals surface area contributed by atoms with Gasteiger partial charge in [0.1, 0.15) is 17.2 Å². The van der Waals surface area contributed by atoms with Gasteiger partial charge < -0.3 is 19.3 Å². The van der Waals surface area contributed by atoms with Crippen LogP contribution in [0.1, 0.15) is 32.8 Å². The van der Waals surface area contributed by atoms with Crippen LogP contribution in [-0.2, 0) is 11.2 Å². The Morgan fingerprint density at radius 2 is 1.94 bits per heavy atom. The topological polar surface area (TPSA) is 54.9 Å². The molecule has 0 radical (unpaired) electrons. The highest BCUT2D eigenvalue weighted by Crippen LogP contribution is 2.38. The summed E-state index contributed by atoms with van der Waals surface area (Å²) in [5, 5.41) is 0. The van der Waals surface area contributed by atoms with Gasteiger partial charge in [-0.25, -0.2) is 9.78 Å². The highest BCUT2D eigenvalue weighted by molar-refractivity contribution is 5.75. The predicted molar refractivity (Wildman–Crippen MR) is 114 cm³/mol. The lowest BCUT2D eigenvalue weighted by molar-refractivity contribution is -0.274. The summed E-state index contributed by atoms with van der Waals surface area (Å²) in [7, 11) is 0. The zero-order valence-electron chi connectivity index (χ0n) is 18.3. The lowest BCUT2D eigenvalue weighted by Crippen LogP contribution is -2.57. The molecule has 0 unspecified atom stereocenters.